The van der Waals surface area contributed by atoms with Crippen LogP contribution >= 0.6 is 0 Å². The molecule has 0 atom stereocenters. The lowest BCUT2D eigenvalue weighted by Gasteiger charge is -2.19. The van der Waals surface area contributed by atoms with Gasteiger partial charge >= 0.3 is 6.03 Å². The molecule has 3 heterocycles. The molecule has 13 heavy (non-hydrogen) atoms. The molecule has 0 radical (unpaired) electrons. The topological polar surface area (TPSA) is 24.5 Å². The zero-order valence-corrected chi connectivity index (χ0v) is 7.09. The Morgan fingerprint density at radius 3 is 2.00 bits per heavy atom. The van der Waals surface area contributed by atoms with Crippen molar-refractivity contribution in [3.63, 3.8) is 0 Å². The maximum Gasteiger partial charge on any atom is 0.702 e. The first-order valence-electron chi connectivity index (χ1n) is 4.31. The van der Waals surface area contributed by atoms with E-state index in [1.54, 1.807) is 12.5 Å². The van der Waals surface area contributed by atoms with Crippen LogP contribution in [0.1, 0.15) is 0 Å². The smallest absolute Gasteiger partial charge is 0.349 e. The Hall–Kier alpha value is -1.58. The Labute approximate surface area is 75.7 Å². The second-order valence-corrected chi connectivity index (χ2v) is 3.13. The molecule has 3 rings (SSSR count). The molecule has 0 unspecified atom stereocenters. The summed E-state index contributed by atoms with van der Waals surface area (Å²) < 4.78 is 15.1. The fourth-order valence-corrected chi connectivity index (χ4v) is 1.83. The average molecular weight is 178 g/mol. The predicted molar refractivity (Wildman–Crippen MR) is 45.6 cm³/mol. The van der Waals surface area contributed by atoms with Crippen LogP contribution in [0.15, 0.2) is 24.7 Å². The maximum absolute atomic E-state index is 5.53. The molecule has 0 aromatic heterocycles. The van der Waals surface area contributed by atoms with E-state index in [4.69, 9.17) is 9.47 Å². The molecule has 1 saturated heterocycles. The highest BCUT2D eigenvalue weighted by Gasteiger charge is 2.65. The van der Waals surface area contributed by atoms with Gasteiger partial charge in [0, 0.05) is 12.2 Å². The Morgan fingerprint density at radius 1 is 0.923 bits per heavy atom. The number of hydrogen-bond donors (Lipinski definition) is 0. The van der Waals surface area contributed by atoms with E-state index in [1.165, 1.54) is 0 Å². The van der Waals surface area contributed by atoms with Crippen molar-refractivity contribution >= 4 is 12.4 Å². The lowest BCUT2D eigenvalue weighted by Crippen LogP contribution is -2.50. The molecule has 66 valence electrons. The minimum absolute atomic E-state index is 0.733. The van der Waals surface area contributed by atoms with Crippen LogP contribution in [-0.4, -0.2) is 40.7 Å². The molecule has 0 amide bonds. The molecule has 4 heteroatoms. The van der Waals surface area contributed by atoms with Gasteiger partial charge in [-0.15, -0.1) is 0 Å². The molecule has 0 aromatic carbocycles. The van der Waals surface area contributed by atoms with Crippen LogP contribution < -0.4 is 0 Å². The zero-order valence-electron chi connectivity index (χ0n) is 7.09. The number of rotatable bonds is 0. The summed E-state index contributed by atoms with van der Waals surface area (Å²) in [5.41, 5.74) is 0. The molecule has 0 N–H and O–H groups in total. The fourth-order valence-electron chi connectivity index (χ4n) is 1.83. The first-order chi connectivity index (χ1) is 6.42. The fraction of sp³-hybridized carbons (Fsp3) is 0.333. The second kappa shape index (κ2) is 2.22. The first kappa shape index (κ1) is 6.88. The van der Waals surface area contributed by atoms with Crippen molar-refractivity contribution in [2.24, 2.45) is 0 Å². The van der Waals surface area contributed by atoms with Crippen molar-refractivity contribution in [3.8, 4) is 0 Å². The molecule has 0 saturated carbocycles. The largest absolute Gasteiger partial charge is 0.702 e. The Balaban J connectivity index is 2.13. The first-order valence-corrected chi connectivity index (χ1v) is 4.31. The second-order valence-electron chi connectivity index (χ2n) is 3.13. The molecule has 1 spiro atoms. The van der Waals surface area contributed by atoms with E-state index < -0.39 is 6.03 Å². The summed E-state index contributed by atoms with van der Waals surface area (Å²) in [5, 5.41) is 0. The van der Waals surface area contributed by atoms with Gasteiger partial charge in [0.2, 0.25) is 13.1 Å². The van der Waals surface area contributed by atoms with E-state index in [2.05, 4.69) is 0 Å². The van der Waals surface area contributed by atoms with Crippen molar-refractivity contribution in [1.29, 1.82) is 0 Å². The van der Waals surface area contributed by atoms with Crippen molar-refractivity contribution in [3.05, 3.63) is 24.7 Å². The van der Waals surface area contributed by atoms with Crippen LogP contribution in [0.3, 0.4) is 0 Å². The molecule has 1 fully saturated rings. The van der Waals surface area contributed by atoms with Crippen LogP contribution in [0.4, 0.5) is 0 Å². The normalized spacial score (nSPS) is 26.5. The third-order valence-electron chi connectivity index (χ3n) is 2.44. The maximum atomic E-state index is 5.53. The van der Waals surface area contributed by atoms with Gasteiger partial charge in [-0.3, -0.25) is 0 Å². The quantitative estimate of drug-likeness (QED) is 0.482. The predicted octanol–water partition coefficient (Wildman–Crippen LogP) is -0.134. The summed E-state index contributed by atoms with van der Waals surface area (Å²) in [7, 11) is 0. The Morgan fingerprint density at radius 2 is 1.46 bits per heavy atom. The summed E-state index contributed by atoms with van der Waals surface area (Å²) in [4.78, 5) is 0. The molecule has 4 nitrogen and oxygen atoms in total. The minimum Gasteiger partial charge on any atom is -0.349 e. The summed E-state index contributed by atoms with van der Waals surface area (Å²) in [5.74, 6) is 0. The number of nitrogens with zero attached hydrogens (tertiary/aromatic N) is 2. The van der Waals surface area contributed by atoms with E-state index >= 15 is 0 Å². The van der Waals surface area contributed by atoms with Gasteiger partial charge in [0.15, 0.2) is 12.4 Å². The SMILES string of the molecule is C1=COC23OC=CC=[N+]2CC[N+]3=C1. The van der Waals surface area contributed by atoms with E-state index in [1.807, 2.05) is 33.7 Å². The summed E-state index contributed by atoms with van der Waals surface area (Å²) in [6.07, 6.45) is 11.0. The number of hydrogen-bond acceptors (Lipinski definition) is 2. The van der Waals surface area contributed by atoms with Crippen LogP contribution in [0.5, 0.6) is 0 Å². The van der Waals surface area contributed by atoms with Gasteiger partial charge in [0.25, 0.3) is 0 Å². The van der Waals surface area contributed by atoms with Gasteiger partial charge in [0.1, 0.15) is 12.5 Å². The molecular formula is C9H10N2O2+2. The van der Waals surface area contributed by atoms with Gasteiger partial charge in [-0.2, -0.15) is 0 Å². The van der Waals surface area contributed by atoms with Gasteiger partial charge in [-0.1, -0.05) is 9.15 Å². The van der Waals surface area contributed by atoms with Gasteiger partial charge in [-0.05, 0) is 0 Å². The molecule has 0 aromatic rings. The van der Waals surface area contributed by atoms with E-state index in [-0.39, 0.29) is 0 Å². The lowest BCUT2D eigenvalue weighted by atomic mass is 10.5. The molecule has 3 aliphatic rings. The minimum atomic E-state index is -0.733. The highest BCUT2D eigenvalue weighted by atomic mass is 16.7. The average Bonchev–Trinajstić information content (AvgIpc) is 2.56. The standard InChI is InChI=1S/C9H10N2O2/c1-3-10-5-6-11-4-2-8-13-9(10,11)12-7-1/h1-4,7-8H,5-6H2/q+2. The van der Waals surface area contributed by atoms with Gasteiger partial charge in [0.05, 0.1) is 0 Å². The van der Waals surface area contributed by atoms with Crippen LogP contribution in [0, 0.1) is 0 Å². The van der Waals surface area contributed by atoms with Crippen molar-refractivity contribution in [1.82, 2.24) is 0 Å². The van der Waals surface area contributed by atoms with Gasteiger partial charge < -0.3 is 9.47 Å². The third-order valence-corrected chi connectivity index (χ3v) is 2.44. The summed E-state index contributed by atoms with van der Waals surface area (Å²) in [6, 6.07) is -0.733. The summed E-state index contributed by atoms with van der Waals surface area (Å²) >= 11 is 0. The van der Waals surface area contributed by atoms with Crippen LogP contribution in [-0.2, 0) is 9.47 Å². The molecular weight excluding hydrogens is 168 g/mol. The number of allylic oxidation sites excluding steroid dienone is 2. The molecule has 3 aliphatic heterocycles. The number of ether oxygens (including phenoxy) is 2. The highest BCUT2D eigenvalue weighted by Crippen LogP contribution is 2.25. The van der Waals surface area contributed by atoms with Crippen molar-refractivity contribution in [2.75, 3.05) is 13.1 Å². The van der Waals surface area contributed by atoms with Crippen molar-refractivity contribution < 1.29 is 18.6 Å². The highest BCUT2D eigenvalue weighted by molar-refractivity contribution is 5.67. The lowest BCUT2D eigenvalue weighted by molar-refractivity contribution is -0.868. The van der Waals surface area contributed by atoms with E-state index in [0.29, 0.717) is 0 Å². The van der Waals surface area contributed by atoms with Crippen molar-refractivity contribution in [2.45, 2.75) is 6.03 Å². The molecule has 0 bridgehead atoms. The van der Waals surface area contributed by atoms with Crippen LogP contribution in [0.2, 0.25) is 0 Å². The van der Waals surface area contributed by atoms with Gasteiger partial charge in [-0.25, -0.2) is 0 Å². The van der Waals surface area contributed by atoms with E-state index in [0.717, 1.165) is 13.1 Å². The monoisotopic (exact) mass is 178 g/mol. The van der Waals surface area contributed by atoms with Crippen LogP contribution in [0.25, 0.3) is 0 Å². The Kier molecular flexibility index (Phi) is 1.17. The Bertz CT molecular complexity index is 330. The van der Waals surface area contributed by atoms with E-state index in [9.17, 15) is 0 Å². The zero-order chi connectivity index (χ0) is 8.73. The molecule has 0 aliphatic carbocycles. The summed E-state index contributed by atoms with van der Waals surface area (Å²) in [6.45, 7) is 1.84. The third kappa shape index (κ3) is 0.748.